The van der Waals surface area contributed by atoms with E-state index >= 15 is 0 Å². The van der Waals surface area contributed by atoms with Gasteiger partial charge in [0.1, 0.15) is 6.54 Å². The van der Waals surface area contributed by atoms with Crippen LogP contribution in [0.15, 0.2) is 12.4 Å². The summed E-state index contributed by atoms with van der Waals surface area (Å²) in [6.45, 7) is 5.35. The Morgan fingerprint density at radius 2 is 2.00 bits per heavy atom. The van der Waals surface area contributed by atoms with Gasteiger partial charge in [-0.3, -0.25) is 19.1 Å². The van der Waals surface area contributed by atoms with Crippen molar-refractivity contribution in [3.05, 3.63) is 12.4 Å². The van der Waals surface area contributed by atoms with Crippen molar-refractivity contribution in [2.45, 2.75) is 33.7 Å². The fourth-order valence-electron chi connectivity index (χ4n) is 1.43. The lowest BCUT2D eigenvalue weighted by Gasteiger charge is -2.17. The Labute approximate surface area is 122 Å². The molecule has 8 heteroatoms. The molecule has 1 aromatic rings. The molecule has 3 N–H and O–H groups in total. The van der Waals surface area contributed by atoms with Gasteiger partial charge in [0.15, 0.2) is 0 Å². The molecule has 0 saturated carbocycles. The summed E-state index contributed by atoms with van der Waals surface area (Å²) in [5.74, 6) is -1.41. The summed E-state index contributed by atoms with van der Waals surface area (Å²) in [5, 5.41) is 17.7. The maximum Gasteiger partial charge on any atom is 0.325 e. The van der Waals surface area contributed by atoms with Crippen LogP contribution in [0, 0.1) is 5.41 Å². The SMILES string of the molecule is CC(C)(C)C(=O)NCCC(=O)Nc1cnn(CC(=O)O)c1. The summed E-state index contributed by atoms with van der Waals surface area (Å²) in [7, 11) is 0. The van der Waals surface area contributed by atoms with Crippen molar-refractivity contribution in [3.63, 3.8) is 0 Å². The second-order valence-corrected chi connectivity index (χ2v) is 5.62. The number of nitrogens with one attached hydrogen (secondary N) is 2. The van der Waals surface area contributed by atoms with Gasteiger partial charge in [-0.1, -0.05) is 20.8 Å². The zero-order chi connectivity index (χ0) is 16.0. The van der Waals surface area contributed by atoms with Crippen LogP contribution in [0.1, 0.15) is 27.2 Å². The lowest BCUT2D eigenvalue weighted by atomic mass is 9.96. The highest BCUT2D eigenvalue weighted by Crippen LogP contribution is 2.12. The Morgan fingerprint density at radius 3 is 2.57 bits per heavy atom. The first-order chi connectivity index (χ1) is 9.68. The maximum absolute atomic E-state index is 11.7. The lowest BCUT2D eigenvalue weighted by molar-refractivity contribution is -0.138. The number of nitrogens with zero attached hydrogens (tertiary/aromatic N) is 2. The van der Waals surface area contributed by atoms with Crippen molar-refractivity contribution in [1.82, 2.24) is 15.1 Å². The minimum Gasteiger partial charge on any atom is -0.480 e. The summed E-state index contributed by atoms with van der Waals surface area (Å²) >= 11 is 0. The minimum atomic E-state index is -1.01. The van der Waals surface area contributed by atoms with Crippen molar-refractivity contribution in [2.24, 2.45) is 5.41 Å². The van der Waals surface area contributed by atoms with E-state index in [-0.39, 0.29) is 31.3 Å². The number of aromatic nitrogens is 2. The number of carbonyl (C=O) groups is 3. The third kappa shape index (κ3) is 6.07. The molecular weight excluding hydrogens is 276 g/mol. The molecule has 0 aliphatic carbocycles. The third-order valence-corrected chi connectivity index (χ3v) is 2.53. The van der Waals surface area contributed by atoms with E-state index in [0.29, 0.717) is 5.69 Å². The molecule has 1 aromatic heterocycles. The van der Waals surface area contributed by atoms with Gasteiger partial charge in [-0.05, 0) is 0 Å². The Kier molecular flexibility index (Phi) is 5.45. The summed E-state index contributed by atoms with van der Waals surface area (Å²) in [5.41, 5.74) is -0.0718. The summed E-state index contributed by atoms with van der Waals surface area (Å²) in [6, 6.07) is 0. The number of hydrogen-bond acceptors (Lipinski definition) is 4. The van der Waals surface area contributed by atoms with E-state index < -0.39 is 11.4 Å². The van der Waals surface area contributed by atoms with E-state index in [4.69, 9.17) is 5.11 Å². The molecule has 0 spiro atoms. The highest BCUT2D eigenvalue weighted by Gasteiger charge is 2.20. The van der Waals surface area contributed by atoms with Crippen LogP contribution in [0.3, 0.4) is 0 Å². The molecule has 0 bridgehead atoms. The van der Waals surface area contributed by atoms with Crippen LogP contribution < -0.4 is 10.6 Å². The highest BCUT2D eigenvalue weighted by atomic mass is 16.4. The van der Waals surface area contributed by atoms with Crippen molar-refractivity contribution in [2.75, 3.05) is 11.9 Å². The molecule has 0 aromatic carbocycles. The molecule has 1 rings (SSSR count). The molecule has 8 nitrogen and oxygen atoms in total. The van der Waals surface area contributed by atoms with Crippen molar-refractivity contribution in [3.8, 4) is 0 Å². The van der Waals surface area contributed by atoms with Crippen LogP contribution in [0.2, 0.25) is 0 Å². The quantitative estimate of drug-likeness (QED) is 0.705. The zero-order valence-corrected chi connectivity index (χ0v) is 12.3. The van der Waals surface area contributed by atoms with Gasteiger partial charge in [0.25, 0.3) is 0 Å². The fraction of sp³-hybridized carbons (Fsp3) is 0.538. The Bertz CT molecular complexity index is 531. The second kappa shape index (κ2) is 6.87. The van der Waals surface area contributed by atoms with E-state index in [2.05, 4.69) is 15.7 Å². The predicted octanol–water partition coefficient (Wildman–Crippen LogP) is 0.459. The van der Waals surface area contributed by atoms with Crippen molar-refractivity contribution in [1.29, 1.82) is 0 Å². The number of rotatable bonds is 6. The van der Waals surface area contributed by atoms with Gasteiger partial charge >= 0.3 is 5.97 Å². The first-order valence-electron chi connectivity index (χ1n) is 6.51. The second-order valence-electron chi connectivity index (χ2n) is 5.62. The van der Waals surface area contributed by atoms with Crippen LogP contribution >= 0.6 is 0 Å². The number of amides is 2. The van der Waals surface area contributed by atoms with Gasteiger partial charge in [0.05, 0.1) is 11.9 Å². The molecule has 2 amide bonds. The average molecular weight is 296 g/mol. The molecule has 21 heavy (non-hydrogen) atoms. The largest absolute Gasteiger partial charge is 0.480 e. The number of carbonyl (C=O) groups excluding carboxylic acids is 2. The molecule has 0 aliphatic heterocycles. The predicted molar refractivity (Wildman–Crippen MR) is 75.6 cm³/mol. The van der Waals surface area contributed by atoms with Crippen LogP contribution in [-0.4, -0.2) is 39.2 Å². The third-order valence-electron chi connectivity index (χ3n) is 2.53. The molecule has 0 fully saturated rings. The number of aliphatic carboxylic acids is 1. The topological polar surface area (TPSA) is 113 Å². The number of carboxylic acids is 1. The number of carboxylic acid groups (broad SMARTS) is 1. The molecule has 0 unspecified atom stereocenters. The van der Waals surface area contributed by atoms with E-state index in [0.717, 1.165) is 0 Å². The van der Waals surface area contributed by atoms with Crippen LogP contribution in [-0.2, 0) is 20.9 Å². The lowest BCUT2D eigenvalue weighted by Crippen LogP contribution is -2.36. The summed E-state index contributed by atoms with van der Waals surface area (Å²) in [6.07, 6.45) is 2.93. The average Bonchev–Trinajstić information content (AvgIpc) is 2.73. The highest BCUT2D eigenvalue weighted by molar-refractivity contribution is 5.91. The molecule has 1 heterocycles. The molecule has 0 aliphatic rings. The number of hydrogen-bond donors (Lipinski definition) is 3. The van der Waals surface area contributed by atoms with Gasteiger partial charge in [0.2, 0.25) is 11.8 Å². The Hall–Kier alpha value is -2.38. The minimum absolute atomic E-state index is 0.121. The summed E-state index contributed by atoms with van der Waals surface area (Å²) < 4.78 is 1.21. The van der Waals surface area contributed by atoms with Gasteiger partial charge in [-0.2, -0.15) is 5.10 Å². The Balaban J connectivity index is 2.35. The fourth-order valence-corrected chi connectivity index (χ4v) is 1.43. The smallest absolute Gasteiger partial charge is 0.325 e. The zero-order valence-electron chi connectivity index (χ0n) is 12.3. The molecule has 116 valence electrons. The van der Waals surface area contributed by atoms with E-state index in [1.54, 1.807) is 20.8 Å². The van der Waals surface area contributed by atoms with Crippen molar-refractivity contribution < 1.29 is 19.5 Å². The van der Waals surface area contributed by atoms with Gasteiger partial charge in [-0.15, -0.1) is 0 Å². The molecular formula is C13H20N4O4. The van der Waals surface area contributed by atoms with E-state index in [1.165, 1.54) is 17.1 Å². The van der Waals surface area contributed by atoms with Crippen LogP contribution in [0.25, 0.3) is 0 Å². The normalized spacial score (nSPS) is 11.0. The van der Waals surface area contributed by atoms with Gasteiger partial charge in [-0.25, -0.2) is 0 Å². The Morgan fingerprint density at radius 1 is 1.33 bits per heavy atom. The van der Waals surface area contributed by atoms with Crippen LogP contribution in [0.4, 0.5) is 5.69 Å². The van der Waals surface area contributed by atoms with E-state index in [9.17, 15) is 14.4 Å². The van der Waals surface area contributed by atoms with Gasteiger partial charge < -0.3 is 15.7 Å². The van der Waals surface area contributed by atoms with Crippen molar-refractivity contribution >= 4 is 23.5 Å². The molecule has 0 radical (unpaired) electrons. The van der Waals surface area contributed by atoms with E-state index in [1.807, 2.05) is 0 Å². The molecule has 0 atom stereocenters. The first kappa shape index (κ1) is 16.7. The van der Waals surface area contributed by atoms with Crippen LogP contribution in [0.5, 0.6) is 0 Å². The van der Waals surface area contributed by atoms with Gasteiger partial charge in [0, 0.05) is 24.6 Å². The summed E-state index contributed by atoms with van der Waals surface area (Å²) in [4.78, 5) is 33.8. The number of anilines is 1. The standard InChI is InChI=1S/C13H20N4O4/c1-13(2,3)12(21)14-5-4-10(18)16-9-6-15-17(7-9)8-11(19)20/h6-7H,4-5,8H2,1-3H3,(H,14,21)(H,16,18)(H,19,20). The first-order valence-corrected chi connectivity index (χ1v) is 6.51. The molecule has 0 saturated heterocycles. The monoisotopic (exact) mass is 296 g/mol. The maximum atomic E-state index is 11.7.